The normalized spacial score (nSPS) is 16.7. The molecule has 1 aromatic carbocycles. The first-order valence-electron chi connectivity index (χ1n) is 22.5. The summed E-state index contributed by atoms with van der Waals surface area (Å²) in [6.45, 7) is 17.1. The molecular weight excluding hydrogens is 847 g/mol. The predicted molar refractivity (Wildman–Crippen MR) is 252 cm³/mol. The highest BCUT2D eigenvalue weighted by Gasteiger charge is 2.37. The molecule has 2 aliphatic rings. The number of pyridine rings is 1. The lowest BCUT2D eigenvalue weighted by atomic mass is 9.84. The highest BCUT2D eigenvalue weighted by Crippen LogP contribution is 2.42. The Bertz CT molecular complexity index is 2270. The van der Waals surface area contributed by atoms with E-state index in [0.29, 0.717) is 44.2 Å². The molecule has 2 saturated heterocycles. The van der Waals surface area contributed by atoms with Crippen LogP contribution in [0, 0.1) is 11.3 Å². The monoisotopic (exact) mass is 912 g/mol. The van der Waals surface area contributed by atoms with E-state index in [4.69, 9.17) is 19.4 Å². The van der Waals surface area contributed by atoms with E-state index in [2.05, 4.69) is 82.5 Å². The van der Waals surface area contributed by atoms with Gasteiger partial charge in [-0.15, -0.1) is 11.3 Å². The van der Waals surface area contributed by atoms with Crippen LogP contribution in [0.5, 0.6) is 0 Å². The van der Waals surface area contributed by atoms with Gasteiger partial charge in [-0.2, -0.15) is 0 Å². The lowest BCUT2D eigenvalue weighted by molar-refractivity contribution is -0.141. The van der Waals surface area contributed by atoms with E-state index >= 15 is 0 Å². The van der Waals surface area contributed by atoms with Crippen molar-refractivity contribution in [1.82, 2.24) is 45.0 Å². The van der Waals surface area contributed by atoms with Gasteiger partial charge in [0.15, 0.2) is 10.2 Å². The fourth-order valence-corrected chi connectivity index (χ4v) is 9.90. The molecule has 2 N–H and O–H groups in total. The lowest BCUT2D eigenvalue weighted by Gasteiger charge is -2.36. The third-order valence-corrected chi connectivity index (χ3v) is 13.4. The molecule has 4 aromatic rings. The number of amides is 4. The molecule has 0 spiro atoms. The number of fused-ring (bicyclic) bond motifs is 1. The van der Waals surface area contributed by atoms with Crippen molar-refractivity contribution in [1.29, 1.82) is 0 Å². The van der Waals surface area contributed by atoms with E-state index in [1.807, 2.05) is 37.1 Å². The Labute approximate surface area is 385 Å². The van der Waals surface area contributed by atoms with Crippen molar-refractivity contribution in [3.8, 4) is 22.5 Å². The first-order chi connectivity index (χ1) is 30.5. The molecular formula is C47H66N9O6SSi. The Balaban J connectivity index is 1.34. The number of urea groups is 1. The number of hydrogen-bond donors (Lipinski definition) is 2. The van der Waals surface area contributed by atoms with Crippen molar-refractivity contribution < 1.29 is 28.7 Å². The maximum Gasteiger partial charge on any atom is 0.320 e. The highest BCUT2D eigenvalue weighted by atomic mass is 32.1. The Morgan fingerprint density at radius 2 is 1.83 bits per heavy atom. The zero-order valence-electron chi connectivity index (χ0n) is 39.0. The van der Waals surface area contributed by atoms with Gasteiger partial charge < -0.3 is 34.1 Å². The van der Waals surface area contributed by atoms with Crippen LogP contribution in [0.4, 0.5) is 9.59 Å². The molecule has 0 unspecified atom stereocenters. The molecule has 0 aliphatic carbocycles. The summed E-state index contributed by atoms with van der Waals surface area (Å²) in [6.07, 6.45) is 4.98. The van der Waals surface area contributed by atoms with E-state index in [1.165, 1.54) is 16.2 Å². The van der Waals surface area contributed by atoms with Gasteiger partial charge in [-0.05, 0) is 88.9 Å². The van der Waals surface area contributed by atoms with Gasteiger partial charge in [0.05, 0.1) is 34.8 Å². The molecule has 64 heavy (non-hydrogen) atoms. The average molecular weight is 913 g/mol. The standard InChI is InChI=1S/C47H66N9O6SSi/c1-10-55-38-17-16-32(25-34(38)35(27-47(5,6)29-62-46(60)64)42(55)33-15-13-18-48-40(33)31(4)61-9)37-28-63-39(50-37)26-36(44(58)56-22-12-11-19-49-56)51-43(57)41(30(2)3)53(8)45(59)54-21-14-20-52(7)23-24-54/h13,15-18,25,28,30-31,36,41,49H,10-12,14,19-24,26-27,29H2,1-9H3,(H,51,57)/t31-,36-,41-/m0/s1. The van der Waals surface area contributed by atoms with Gasteiger partial charge in [-0.3, -0.25) is 24.4 Å². The van der Waals surface area contributed by atoms with Crippen LogP contribution in [-0.2, 0) is 38.4 Å². The van der Waals surface area contributed by atoms with Crippen molar-refractivity contribution >= 4 is 55.9 Å². The number of benzene rings is 1. The van der Waals surface area contributed by atoms with Gasteiger partial charge in [-0.25, -0.2) is 15.2 Å². The molecule has 6 rings (SSSR count). The number of nitrogens with one attached hydrogen (secondary N) is 2. The first-order valence-corrected chi connectivity index (χ1v) is 23.9. The van der Waals surface area contributed by atoms with Gasteiger partial charge in [-0.1, -0.05) is 33.8 Å². The van der Waals surface area contributed by atoms with Gasteiger partial charge in [0, 0.05) is 98.9 Å². The van der Waals surface area contributed by atoms with Gasteiger partial charge in [0.2, 0.25) is 5.91 Å². The third kappa shape index (κ3) is 11.4. The van der Waals surface area contributed by atoms with Crippen molar-refractivity contribution in [3.63, 3.8) is 0 Å². The van der Waals surface area contributed by atoms with Crippen LogP contribution in [0.2, 0.25) is 0 Å². The Morgan fingerprint density at radius 1 is 1.05 bits per heavy atom. The number of rotatable bonds is 16. The molecule has 2 fully saturated rings. The number of aromatic nitrogens is 3. The summed E-state index contributed by atoms with van der Waals surface area (Å²) in [5, 5.41) is 8.45. The van der Waals surface area contributed by atoms with Crippen LogP contribution >= 0.6 is 11.3 Å². The zero-order valence-corrected chi connectivity index (χ0v) is 40.8. The molecule has 2 aliphatic heterocycles. The minimum absolute atomic E-state index is 0.181. The molecule has 0 saturated carbocycles. The SMILES string of the molecule is CCn1c(-c2cccnc2[C@H](C)OC)c(CC(C)(C)COC(=O)[Si])c2cc(-c3csc(C[C@H](NC(=O)[C@H](C(C)C)N(C)C(=O)N4CCCN(C)CC4)C(=O)N4CCCCN4)n3)ccc21. The first kappa shape index (κ1) is 48.8. The Kier molecular flexibility index (Phi) is 16.4. The summed E-state index contributed by atoms with van der Waals surface area (Å²) in [7, 11) is 8.41. The minimum atomic E-state index is -0.914. The van der Waals surface area contributed by atoms with Crippen LogP contribution in [-0.4, -0.2) is 147 Å². The third-order valence-electron chi connectivity index (χ3n) is 12.4. The second-order valence-electron chi connectivity index (χ2n) is 18.3. The quantitative estimate of drug-likeness (QED) is 0.123. The van der Waals surface area contributed by atoms with E-state index in [-0.39, 0.29) is 42.9 Å². The zero-order chi connectivity index (χ0) is 46.3. The van der Waals surface area contributed by atoms with Gasteiger partial charge in [0.1, 0.15) is 12.1 Å². The number of carbonyl (C=O) groups excluding carboxylic acids is 4. The molecule has 15 nitrogen and oxygen atoms in total. The summed E-state index contributed by atoms with van der Waals surface area (Å²) in [5.74, 6) is -0.814. The van der Waals surface area contributed by atoms with Gasteiger partial charge >= 0.3 is 6.03 Å². The van der Waals surface area contributed by atoms with E-state index in [9.17, 15) is 19.2 Å². The molecule has 0 bridgehead atoms. The molecule has 3 radical (unpaired) electrons. The van der Waals surface area contributed by atoms with Crippen molar-refractivity contribution in [2.24, 2.45) is 11.3 Å². The Hall–Kier alpha value is -4.68. The van der Waals surface area contributed by atoms with Gasteiger partial charge in [0.25, 0.3) is 11.5 Å². The number of hydrogen-bond acceptors (Lipinski definition) is 11. The lowest BCUT2D eigenvalue weighted by Crippen LogP contribution is -2.60. The van der Waals surface area contributed by atoms with Crippen LogP contribution in [0.15, 0.2) is 41.9 Å². The maximum absolute atomic E-state index is 14.3. The predicted octanol–water partition coefficient (Wildman–Crippen LogP) is 6.30. The second kappa shape index (κ2) is 21.5. The summed E-state index contributed by atoms with van der Waals surface area (Å²) >= 11 is 1.45. The van der Waals surface area contributed by atoms with Crippen molar-refractivity contribution in [2.45, 2.75) is 98.4 Å². The summed E-state index contributed by atoms with van der Waals surface area (Å²) in [6, 6.07) is 8.52. The van der Waals surface area contributed by atoms with E-state index in [1.54, 1.807) is 25.4 Å². The average Bonchev–Trinajstić information content (AvgIpc) is 3.79. The van der Waals surface area contributed by atoms with Crippen LogP contribution < -0.4 is 10.7 Å². The van der Waals surface area contributed by atoms with Crippen LogP contribution in [0.25, 0.3) is 33.4 Å². The maximum atomic E-state index is 14.3. The number of nitrogens with zero attached hydrogens (tertiary/aromatic N) is 7. The fourth-order valence-electron chi connectivity index (χ4n) is 8.98. The number of likely N-dealkylation sites (N-methyl/N-ethyl adjacent to an activating group) is 2. The molecule has 345 valence electrons. The topological polar surface area (TPSA) is 154 Å². The number of hydrazine groups is 1. The molecule has 5 heterocycles. The molecule has 4 amide bonds. The number of thiazole rings is 1. The van der Waals surface area contributed by atoms with Crippen LogP contribution in [0.3, 0.4) is 0 Å². The second-order valence-corrected chi connectivity index (χ2v) is 19.6. The number of aryl methyl sites for hydroxylation is 1. The van der Waals surface area contributed by atoms with Crippen LogP contribution in [0.1, 0.15) is 83.2 Å². The summed E-state index contributed by atoms with van der Waals surface area (Å²) < 4.78 is 13.6. The number of carbonyl (C=O) groups is 4. The largest absolute Gasteiger partial charge is 0.470 e. The highest BCUT2D eigenvalue weighted by molar-refractivity contribution is 7.10. The Morgan fingerprint density at radius 3 is 2.52 bits per heavy atom. The summed E-state index contributed by atoms with van der Waals surface area (Å²) in [4.78, 5) is 69.7. The molecule has 3 aromatic heterocycles. The molecule has 17 heteroatoms. The van der Waals surface area contributed by atoms with Crippen molar-refractivity contribution in [2.75, 3.05) is 67.1 Å². The minimum Gasteiger partial charge on any atom is -0.470 e. The number of ether oxygens (including phenoxy) is 2. The summed E-state index contributed by atoms with van der Waals surface area (Å²) in [5.41, 5.74) is 8.92. The van der Waals surface area contributed by atoms with Crippen molar-refractivity contribution in [3.05, 3.63) is 58.2 Å². The van der Waals surface area contributed by atoms with E-state index in [0.717, 1.165) is 77.0 Å². The molecule has 3 atom stereocenters. The smallest absolute Gasteiger partial charge is 0.320 e. The number of methoxy groups -OCH3 is 1. The van der Waals surface area contributed by atoms with E-state index < -0.39 is 23.1 Å². The fraction of sp³-hybridized carbons (Fsp3) is 0.574.